The summed E-state index contributed by atoms with van der Waals surface area (Å²) in [5, 5.41) is 3.33. The lowest BCUT2D eigenvalue weighted by atomic mass is 10.2. The fraction of sp³-hybridized carbons (Fsp3) is 0.545. The van der Waals surface area contributed by atoms with E-state index in [1.54, 1.807) is 6.20 Å². The number of pyridine rings is 1. The van der Waals surface area contributed by atoms with Gasteiger partial charge < -0.3 is 5.32 Å². The number of unbranched alkanes of at least 4 members (excludes halogenated alkanes) is 2. The van der Waals surface area contributed by atoms with Crippen molar-refractivity contribution < 1.29 is 0 Å². The van der Waals surface area contributed by atoms with Crippen LogP contribution in [0.1, 0.15) is 19.3 Å². The molecular weight excluding hydrogens is 272 g/mol. The highest BCUT2D eigenvalue weighted by molar-refractivity contribution is 9.10. The Morgan fingerprint density at radius 3 is 3.00 bits per heavy atom. The van der Waals surface area contributed by atoms with Gasteiger partial charge in [-0.15, -0.1) is 0 Å². The zero-order chi connectivity index (χ0) is 10.9. The van der Waals surface area contributed by atoms with E-state index >= 15 is 0 Å². The first-order valence-corrected chi connectivity index (χ1v) is 7.36. The summed E-state index contributed by atoms with van der Waals surface area (Å²) >= 11 is 5.38. The Hall–Kier alpha value is -0.220. The number of thioether (sulfide) groups is 1. The Labute approximate surface area is 104 Å². The molecule has 1 rings (SSSR count). The molecule has 4 heteroatoms. The molecule has 2 nitrogen and oxygen atoms in total. The van der Waals surface area contributed by atoms with E-state index in [1.165, 1.54) is 25.0 Å². The van der Waals surface area contributed by atoms with E-state index in [9.17, 15) is 0 Å². The molecule has 0 bridgehead atoms. The van der Waals surface area contributed by atoms with Gasteiger partial charge in [-0.05, 0) is 52.9 Å². The lowest BCUT2D eigenvalue weighted by Gasteiger charge is -2.06. The maximum atomic E-state index is 4.25. The predicted molar refractivity (Wildman–Crippen MR) is 72.7 cm³/mol. The van der Waals surface area contributed by atoms with Crippen molar-refractivity contribution in [1.29, 1.82) is 0 Å². The molecule has 0 saturated carbocycles. The number of halogens is 1. The van der Waals surface area contributed by atoms with E-state index < -0.39 is 0 Å². The van der Waals surface area contributed by atoms with Crippen LogP contribution in [0.5, 0.6) is 0 Å². The SMILES string of the molecule is CSCCCCCNc1ncccc1Br. The number of hydrogen-bond acceptors (Lipinski definition) is 3. The van der Waals surface area contributed by atoms with Gasteiger partial charge in [0, 0.05) is 12.7 Å². The van der Waals surface area contributed by atoms with Crippen LogP contribution in [0.15, 0.2) is 22.8 Å². The summed E-state index contributed by atoms with van der Waals surface area (Å²) in [6.07, 6.45) is 7.78. The number of aromatic nitrogens is 1. The molecule has 0 aliphatic carbocycles. The summed E-state index contributed by atoms with van der Waals surface area (Å²) in [5.41, 5.74) is 0. The van der Waals surface area contributed by atoms with E-state index in [0.29, 0.717) is 0 Å². The highest BCUT2D eigenvalue weighted by Crippen LogP contribution is 2.18. The lowest BCUT2D eigenvalue weighted by Crippen LogP contribution is -2.03. The quantitative estimate of drug-likeness (QED) is 0.773. The highest BCUT2D eigenvalue weighted by atomic mass is 79.9. The molecule has 1 N–H and O–H groups in total. The van der Waals surface area contributed by atoms with Gasteiger partial charge in [0.05, 0.1) is 4.47 Å². The van der Waals surface area contributed by atoms with Crippen LogP contribution in [0.2, 0.25) is 0 Å². The number of nitrogens with zero attached hydrogens (tertiary/aromatic N) is 1. The molecule has 0 radical (unpaired) electrons. The summed E-state index contributed by atoms with van der Waals surface area (Å²) in [5.74, 6) is 2.22. The molecule has 0 aliphatic rings. The van der Waals surface area contributed by atoms with Gasteiger partial charge >= 0.3 is 0 Å². The van der Waals surface area contributed by atoms with Crippen molar-refractivity contribution in [3.63, 3.8) is 0 Å². The molecule has 0 saturated heterocycles. The molecule has 0 aromatic carbocycles. The third-order valence-electron chi connectivity index (χ3n) is 2.08. The van der Waals surface area contributed by atoms with Crippen molar-refractivity contribution in [2.45, 2.75) is 19.3 Å². The standard InChI is InChI=1S/C11H17BrN2S/c1-15-9-4-2-3-7-13-11-10(12)6-5-8-14-11/h5-6,8H,2-4,7,9H2,1H3,(H,13,14). The molecule has 1 aromatic rings. The molecule has 0 spiro atoms. The zero-order valence-corrected chi connectivity index (χ0v) is 11.4. The predicted octanol–water partition coefficient (Wildman–Crippen LogP) is 3.79. The van der Waals surface area contributed by atoms with Crippen LogP contribution in [0.4, 0.5) is 5.82 Å². The third-order valence-corrected chi connectivity index (χ3v) is 3.41. The van der Waals surface area contributed by atoms with E-state index in [2.05, 4.69) is 32.5 Å². The van der Waals surface area contributed by atoms with Gasteiger partial charge in [0.25, 0.3) is 0 Å². The van der Waals surface area contributed by atoms with Crippen LogP contribution in [-0.4, -0.2) is 23.5 Å². The van der Waals surface area contributed by atoms with Crippen molar-refractivity contribution in [3.05, 3.63) is 22.8 Å². The lowest BCUT2D eigenvalue weighted by molar-refractivity contribution is 0.748. The second kappa shape index (κ2) is 7.99. The van der Waals surface area contributed by atoms with Gasteiger partial charge in [-0.2, -0.15) is 11.8 Å². The van der Waals surface area contributed by atoms with Crippen molar-refractivity contribution in [2.24, 2.45) is 0 Å². The van der Waals surface area contributed by atoms with Gasteiger partial charge in [-0.1, -0.05) is 6.42 Å². The molecule has 0 amide bonds. The van der Waals surface area contributed by atoms with Crippen LogP contribution >= 0.6 is 27.7 Å². The number of hydrogen-bond donors (Lipinski definition) is 1. The minimum Gasteiger partial charge on any atom is -0.369 e. The first kappa shape index (κ1) is 12.8. The molecule has 84 valence electrons. The van der Waals surface area contributed by atoms with Crippen molar-refractivity contribution >= 4 is 33.5 Å². The van der Waals surface area contributed by atoms with Crippen molar-refractivity contribution in [1.82, 2.24) is 4.98 Å². The average Bonchev–Trinajstić information content (AvgIpc) is 2.25. The second-order valence-electron chi connectivity index (χ2n) is 3.31. The van der Waals surface area contributed by atoms with Crippen LogP contribution in [0, 0.1) is 0 Å². The summed E-state index contributed by atoms with van der Waals surface area (Å²) in [7, 11) is 0. The normalized spacial score (nSPS) is 10.3. The smallest absolute Gasteiger partial charge is 0.140 e. The van der Waals surface area contributed by atoms with Gasteiger partial charge in [0.15, 0.2) is 0 Å². The Morgan fingerprint density at radius 1 is 1.40 bits per heavy atom. The maximum Gasteiger partial charge on any atom is 0.140 e. The molecule has 1 aromatic heterocycles. The van der Waals surface area contributed by atoms with Gasteiger partial charge in [-0.25, -0.2) is 4.98 Å². The van der Waals surface area contributed by atoms with E-state index in [4.69, 9.17) is 0 Å². The number of anilines is 1. The zero-order valence-electron chi connectivity index (χ0n) is 9.00. The second-order valence-corrected chi connectivity index (χ2v) is 5.15. The minimum atomic E-state index is 0.947. The molecule has 0 atom stereocenters. The Balaban J connectivity index is 2.12. The van der Waals surface area contributed by atoms with Crippen molar-refractivity contribution in [3.8, 4) is 0 Å². The summed E-state index contributed by atoms with van der Waals surface area (Å²) in [4.78, 5) is 4.25. The molecule has 0 unspecified atom stereocenters. The Kier molecular flexibility index (Phi) is 6.85. The topological polar surface area (TPSA) is 24.9 Å². The summed E-state index contributed by atoms with van der Waals surface area (Å²) < 4.78 is 1.04. The molecule has 15 heavy (non-hydrogen) atoms. The number of nitrogens with one attached hydrogen (secondary N) is 1. The Morgan fingerprint density at radius 2 is 2.27 bits per heavy atom. The van der Waals surface area contributed by atoms with Crippen molar-refractivity contribution in [2.75, 3.05) is 23.9 Å². The first-order chi connectivity index (χ1) is 7.34. The minimum absolute atomic E-state index is 0.947. The Bertz CT molecular complexity index is 281. The number of rotatable bonds is 7. The van der Waals surface area contributed by atoms with Crippen LogP contribution < -0.4 is 5.32 Å². The summed E-state index contributed by atoms with van der Waals surface area (Å²) in [6, 6.07) is 3.93. The molecule has 0 aliphatic heterocycles. The molecule has 1 heterocycles. The molecule has 0 fully saturated rings. The first-order valence-electron chi connectivity index (χ1n) is 5.18. The monoisotopic (exact) mass is 288 g/mol. The van der Waals surface area contributed by atoms with E-state index in [0.717, 1.165) is 16.8 Å². The van der Waals surface area contributed by atoms with E-state index in [-0.39, 0.29) is 0 Å². The van der Waals surface area contributed by atoms with Gasteiger partial charge in [0.2, 0.25) is 0 Å². The van der Waals surface area contributed by atoms with Crippen LogP contribution in [0.25, 0.3) is 0 Å². The molecular formula is C11H17BrN2S. The third kappa shape index (κ3) is 5.42. The summed E-state index contributed by atoms with van der Waals surface area (Å²) in [6.45, 7) is 1.00. The fourth-order valence-corrected chi connectivity index (χ4v) is 2.16. The largest absolute Gasteiger partial charge is 0.369 e. The highest BCUT2D eigenvalue weighted by Gasteiger charge is 1.97. The van der Waals surface area contributed by atoms with E-state index in [1.807, 2.05) is 23.9 Å². The average molecular weight is 289 g/mol. The maximum absolute atomic E-state index is 4.25. The van der Waals surface area contributed by atoms with Crippen LogP contribution in [-0.2, 0) is 0 Å². The van der Waals surface area contributed by atoms with Gasteiger partial charge in [0.1, 0.15) is 5.82 Å². The fourth-order valence-electron chi connectivity index (χ4n) is 1.27. The van der Waals surface area contributed by atoms with Crippen LogP contribution in [0.3, 0.4) is 0 Å². The van der Waals surface area contributed by atoms with Gasteiger partial charge in [-0.3, -0.25) is 0 Å².